The molecule has 1 N–H and O–H groups in total. The smallest absolute Gasteiger partial charge is 0.223 e. The number of nitrogens with one attached hydrogen (secondary N) is 1. The third kappa shape index (κ3) is 4.20. The van der Waals surface area contributed by atoms with Gasteiger partial charge in [0.05, 0.1) is 0 Å². The predicted molar refractivity (Wildman–Crippen MR) is 62.8 cm³/mol. The van der Waals surface area contributed by atoms with Crippen LogP contribution in [0.15, 0.2) is 0 Å². The maximum Gasteiger partial charge on any atom is 0.223 e. The fourth-order valence-corrected chi connectivity index (χ4v) is 2.21. The summed E-state index contributed by atoms with van der Waals surface area (Å²) in [6.07, 6.45) is 6.02. The molecule has 0 saturated heterocycles. The predicted octanol–water partition coefficient (Wildman–Crippen LogP) is 1.63. The number of carbonyl (C=O) groups excluding carboxylic acids is 1. The zero-order chi connectivity index (χ0) is 11.3. The van der Waals surface area contributed by atoms with Gasteiger partial charge in [-0.05, 0) is 18.3 Å². The van der Waals surface area contributed by atoms with Crippen LogP contribution >= 0.6 is 0 Å². The normalized spacial score (nSPS) is 19.1. The second kappa shape index (κ2) is 5.50. The second-order valence-corrected chi connectivity index (χ2v) is 5.23. The van der Waals surface area contributed by atoms with E-state index in [1.54, 1.807) is 19.0 Å². The summed E-state index contributed by atoms with van der Waals surface area (Å²) in [5.41, 5.74) is 0.487. The number of hydrogen-bond donors (Lipinski definition) is 1. The van der Waals surface area contributed by atoms with E-state index in [1.165, 1.54) is 25.7 Å². The first-order valence-corrected chi connectivity index (χ1v) is 5.94. The van der Waals surface area contributed by atoms with Crippen LogP contribution in [0.2, 0.25) is 0 Å². The molecule has 1 rings (SSSR count). The van der Waals surface area contributed by atoms with Crippen LogP contribution in [0.25, 0.3) is 0 Å². The Kier molecular flexibility index (Phi) is 4.58. The fourth-order valence-electron chi connectivity index (χ4n) is 2.21. The molecule has 0 bridgehead atoms. The van der Waals surface area contributed by atoms with Gasteiger partial charge in [-0.15, -0.1) is 0 Å². The van der Waals surface area contributed by atoms with Gasteiger partial charge in [-0.3, -0.25) is 4.79 Å². The molecule has 0 heterocycles. The highest BCUT2D eigenvalue weighted by molar-refractivity contribution is 5.75. The lowest BCUT2D eigenvalue weighted by atomic mass is 9.89. The molecule has 1 aliphatic carbocycles. The van der Waals surface area contributed by atoms with Gasteiger partial charge in [0.2, 0.25) is 5.91 Å². The Morgan fingerprint density at radius 1 is 1.33 bits per heavy atom. The van der Waals surface area contributed by atoms with Crippen molar-refractivity contribution in [1.82, 2.24) is 10.2 Å². The summed E-state index contributed by atoms with van der Waals surface area (Å²) in [5, 5.41) is 3.41. The summed E-state index contributed by atoms with van der Waals surface area (Å²) in [5.74, 6) is 0.207. The van der Waals surface area contributed by atoms with E-state index in [2.05, 4.69) is 12.2 Å². The third-order valence-electron chi connectivity index (χ3n) is 3.38. The van der Waals surface area contributed by atoms with Crippen LogP contribution in [-0.2, 0) is 4.79 Å². The first kappa shape index (κ1) is 12.5. The minimum atomic E-state index is 0.207. The van der Waals surface area contributed by atoms with Crippen LogP contribution in [0, 0.1) is 5.41 Å². The van der Waals surface area contributed by atoms with Gasteiger partial charge in [-0.25, -0.2) is 0 Å². The van der Waals surface area contributed by atoms with Crippen molar-refractivity contribution in [2.45, 2.75) is 39.0 Å². The van der Waals surface area contributed by atoms with Crippen molar-refractivity contribution >= 4 is 5.91 Å². The third-order valence-corrected chi connectivity index (χ3v) is 3.38. The standard InChI is InChI=1S/C12H24N2O/c1-12(7-4-5-8-12)10-13-9-6-11(15)14(2)3/h13H,4-10H2,1-3H3. The van der Waals surface area contributed by atoms with E-state index >= 15 is 0 Å². The van der Waals surface area contributed by atoms with E-state index in [9.17, 15) is 4.79 Å². The second-order valence-electron chi connectivity index (χ2n) is 5.23. The maximum atomic E-state index is 11.3. The maximum absolute atomic E-state index is 11.3. The lowest BCUT2D eigenvalue weighted by Crippen LogP contribution is -2.32. The van der Waals surface area contributed by atoms with Crippen molar-refractivity contribution in [3.63, 3.8) is 0 Å². The van der Waals surface area contributed by atoms with Crippen molar-refractivity contribution in [3.05, 3.63) is 0 Å². The van der Waals surface area contributed by atoms with Crippen molar-refractivity contribution in [3.8, 4) is 0 Å². The highest BCUT2D eigenvalue weighted by Crippen LogP contribution is 2.36. The van der Waals surface area contributed by atoms with Gasteiger partial charge in [-0.2, -0.15) is 0 Å². The van der Waals surface area contributed by atoms with Crippen molar-refractivity contribution in [2.75, 3.05) is 27.2 Å². The fraction of sp³-hybridized carbons (Fsp3) is 0.917. The number of rotatable bonds is 5. The summed E-state index contributed by atoms with van der Waals surface area (Å²) in [6, 6.07) is 0. The van der Waals surface area contributed by atoms with Gasteiger partial charge in [0.1, 0.15) is 0 Å². The lowest BCUT2D eigenvalue weighted by Gasteiger charge is -2.23. The molecule has 1 saturated carbocycles. The van der Waals surface area contributed by atoms with Crippen LogP contribution in [0.3, 0.4) is 0 Å². The molecule has 0 radical (unpaired) electrons. The Morgan fingerprint density at radius 3 is 2.47 bits per heavy atom. The number of hydrogen-bond acceptors (Lipinski definition) is 2. The zero-order valence-corrected chi connectivity index (χ0v) is 10.3. The molecule has 1 fully saturated rings. The molecular formula is C12H24N2O. The molecule has 3 nitrogen and oxygen atoms in total. The summed E-state index contributed by atoms with van der Waals surface area (Å²) in [4.78, 5) is 13.0. The Labute approximate surface area is 93.2 Å². The molecule has 0 atom stereocenters. The molecule has 15 heavy (non-hydrogen) atoms. The lowest BCUT2D eigenvalue weighted by molar-refractivity contribution is -0.128. The van der Waals surface area contributed by atoms with E-state index in [-0.39, 0.29) is 5.91 Å². The summed E-state index contributed by atoms with van der Waals surface area (Å²) >= 11 is 0. The first-order valence-electron chi connectivity index (χ1n) is 5.94. The Morgan fingerprint density at radius 2 is 1.93 bits per heavy atom. The molecule has 0 aliphatic heterocycles. The van der Waals surface area contributed by atoms with E-state index in [0.29, 0.717) is 11.8 Å². The molecular weight excluding hydrogens is 188 g/mol. The van der Waals surface area contributed by atoms with Crippen LogP contribution in [0.5, 0.6) is 0 Å². The van der Waals surface area contributed by atoms with Crippen molar-refractivity contribution in [2.24, 2.45) is 5.41 Å². The number of nitrogens with zero attached hydrogens (tertiary/aromatic N) is 1. The van der Waals surface area contributed by atoms with Crippen LogP contribution in [-0.4, -0.2) is 38.0 Å². The van der Waals surface area contributed by atoms with Crippen molar-refractivity contribution in [1.29, 1.82) is 0 Å². The van der Waals surface area contributed by atoms with Gasteiger partial charge < -0.3 is 10.2 Å². The average Bonchev–Trinajstić information content (AvgIpc) is 2.60. The molecule has 1 aliphatic rings. The van der Waals surface area contributed by atoms with Crippen LogP contribution in [0.4, 0.5) is 0 Å². The van der Waals surface area contributed by atoms with Crippen LogP contribution < -0.4 is 5.32 Å². The molecule has 88 valence electrons. The first-order chi connectivity index (χ1) is 7.03. The summed E-state index contributed by atoms with van der Waals surface area (Å²) < 4.78 is 0. The SMILES string of the molecule is CN(C)C(=O)CCNCC1(C)CCCC1. The van der Waals surface area contributed by atoms with Crippen molar-refractivity contribution < 1.29 is 4.79 Å². The molecule has 0 aromatic heterocycles. The minimum absolute atomic E-state index is 0.207. The molecule has 0 aromatic rings. The van der Waals surface area contributed by atoms with Gasteiger partial charge in [0, 0.05) is 33.6 Å². The largest absolute Gasteiger partial charge is 0.349 e. The summed E-state index contributed by atoms with van der Waals surface area (Å²) in [7, 11) is 3.61. The highest BCUT2D eigenvalue weighted by Gasteiger charge is 2.27. The zero-order valence-electron chi connectivity index (χ0n) is 10.3. The van der Waals surface area contributed by atoms with E-state index < -0.39 is 0 Å². The Bertz CT molecular complexity index is 208. The molecule has 0 unspecified atom stereocenters. The molecule has 0 spiro atoms. The van der Waals surface area contributed by atoms with Gasteiger partial charge in [0.15, 0.2) is 0 Å². The molecule has 0 aromatic carbocycles. The van der Waals surface area contributed by atoms with Gasteiger partial charge in [0.25, 0.3) is 0 Å². The highest BCUT2D eigenvalue weighted by atomic mass is 16.2. The van der Waals surface area contributed by atoms with E-state index in [0.717, 1.165) is 13.1 Å². The van der Waals surface area contributed by atoms with E-state index in [4.69, 9.17) is 0 Å². The monoisotopic (exact) mass is 212 g/mol. The van der Waals surface area contributed by atoms with E-state index in [1.807, 2.05) is 0 Å². The van der Waals surface area contributed by atoms with Gasteiger partial charge in [-0.1, -0.05) is 19.8 Å². The molecule has 3 heteroatoms. The Balaban J connectivity index is 2.08. The summed E-state index contributed by atoms with van der Waals surface area (Å²) in [6.45, 7) is 4.22. The molecule has 1 amide bonds. The quantitative estimate of drug-likeness (QED) is 0.703. The topological polar surface area (TPSA) is 32.3 Å². The van der Waals surface area contributed by atoms with Crippen LogP contribution in [0.1, 0.15) is 39.0 Å². The van der Waals surface area contributed by atoms with Gasteiger partial charge >= 0.3 is 0 Å². The average molecular weight is 212 g/mol. The number of amides is 1. The Hall–Kier alpha value is -0.570. The minimum Gasteiger partial charge on any atom is -0.349 e. The number of carbonyl (C=O) groups is 1.